The molecule has 4 nitrogen and oxygen atoms in total. The zero-order chi connectivity index (χ0) is 14.3. The third kappa shape index (κ3) is 2.52. The molecule has 1 heterocycles. The fourth-order valence-electron chi connectivity index (χ4n) is 1.89. The predicted octanol–water partition coefficient (Wildman–Crippen LogP) is 1.54. The van der Waals surface area contributed by atoms with E-state index in [1.165, 1.54) is 0 Å². The van der Waals surface area contributed by atoms with E-state index in [2.05, 4.69) is 0 Å². The molecule has 1 fully saturated rings. The van der Waals surface area contributed by atoms with Crippen molar-refractivity contribution < 1.29 is 14.4 Å². The second kappa shape index (κ2) is 4.64. The highest BCUT2D eigenvalue weighted by Crippen LogP contribution is 2.36. The van der Waals surface area contributed by atoms with Crippen LogP contribution in [0.15, 0.2) is 24.3 Å². The van der Waals surface area contributed by atoms with Gasteiger partial charge in [0, 0.05) is 0 Å². The van der Waals surface area contributed by atoms with Crippen molar-refractivity contribution in [3.8, 4) is 6.07 Å². The van der Waals surface area contributed by atoms with Gasteiger partial charge < -0.3 is 14.4 Å². The van der Waals surface area contributed by atoms with Crippen molar-refractivity contribution >= 4 is 12.6 Å². The Morgan fingerprint density at radius 2 is 1.58 bits per heavy atom. The minimum absolute atomic E-state index is 0.373. The number of aliphatic hydroxyl groups excluding tert-OH is 1. The summed E-state index contributed by atoms with van der Waals surface area (Å²) in [6, 6.07) is 8.86. The summed E-state index contributed by atoms with van der Waals surface area (Å²) in [4.78, 5) is 0. The molecule has 2 rings (SSSR count). The topological polar surface area (TPSA) is 62.5 Å². The zero-order valence-corrected chi connectivity index (χ0v) is 11.7. The molecule has 1 saturated heterocycles. The van der Waals surface area contributed by atoms with E-state index in [0.717, 1.165) is 5.46 Å². The zero-order valence-electron chi connectivity index (χ0n) is 11.7. The fourth-order valence-corrected chi connectivity index (χ4v) is 1.89. The van der Waals surface area contributed by atoms with Gasteiger partial charge in [-0.25, -0.2) is 0 Å². The number of nitriles is 1. The van der Waals surface area contributed by atoms with Crippen LogP contribution in [0.2, 0.25) is 0 Å². The van der Waals surface area contributed by atoms with Gasteiger partial charge in [0.05, 0.1) is 17.3 Å². The summed E-state index contributed by atoms with van der Waals surface area (Å²) in [6.45, 7) is 8.00. The lowest BCUT2D eigenvalue weighted by molar-refractivity contribution is 0.00578. The SMILES string of the molecule is CC1(C)OB(c2ccc([C@@H](O)C#N)cc2)OC1(C)C. The Morgan fingerprint density at radius 1 is 1.11 bits per heavy atom. The quantitative estimate of drug-likeness (QED) is 0.646. The van der Waals surface area contributed by atoms with Crippen LogP contribution in [0, 0.1) is 11.3 Å². The van der Waals surface area contributed by atoms with Crippen LogP contribution in [-0.2, 0) is 9.31 Å². The second-order valence-corrected chi connectivity index (χ2v) is 5.79. The van der Waals surface area contributed by atoms with E-state index in [0.29, 0.717) is 5.56 Å². The Balaban J connectivity index is 2.19. The molecule has 1 atom stereocenters. The standard InChI is InChI=1S/C14H18BNO3/c1-13(2)14(3,4)19-15(18-13)11-7-5-10(6-8-11)12(17)9-16/h5-8,12,17H,1-4H3/t12-/m0/s1. The maximum Gasteiger partial charge on any atom is 0.494 e. The molecule has 0 saturated carbocycles. The van der Waals surface area contributed by atoms with Crippen LogP contribution in [0.25, 0.3) is 0 Å². The molecule has 19 heavy (non-hydrogen) atoms. The summed E-state index contributed by atoms with van der Waals surface area (Å²) < 4.78 is 11.9. The Bertz CT molecular complexity index is 488. The van der Waals surface area contributed by atoms with E-state index in [1.54, 1.807) is 18.2 Å². The number of benzene rings is 1. The molecule has 1 aromatic carbocycles. The first kappa shape index (κ1) is 14.1. The molecule has 0 aliphatic carbocycles. The Kier molecular flexibility index (Phi) is 3.44. The van der Waals surface area contributed by atoms with Gasteiger partial charge in [0.25, 0.3) is 0 Å². The lowest BCUT2D eigenvalue weighted by atomic mass is 9.78. The molecule has 0 bridgehead atoms. The first-order valence-corrected chi connectivity index (χ1v) is 6.30. The van der Waals surface area contributed by atoms with Crippen molar-refractivity contribution in [3.05, 3.63) is 29.8 Å². The Morgan fingerprint density at radius 3 is 2.00 bits per heavy atom. The lowest BCUT2D eigenvalue weighted by Gasteiger charge is -2.32. The maximum atomic E-state index is 9.43. The summed E-state index contributed by atoms with van der Waals surface area (Å²) >= 11 is 0. The van der Waals surface area contributed by atoms with Crippen molar-refractivity contribution in [2.75, 3.05) is 0 Å². The highest BCUT2D eigenvalue weighted by molar-refractivity contribution is 6.62. The van der Waals surface area contributed by atoms with E-state index >= 15 is 0 Å². The van der Waals surface area contributed by atoms with E-state index < -0.39 is 13.2 Å². The molecule has 0 amide bonds. The van der Waals surface area contributed by atoms with Gasteiger partial charge in [-0.3, -0.25) is 0 Å². The molecule has 1 N–H and O–H groups in total. The van der Waals surface area contributed by atoms with Crippen molar-refractivity contribution in [1.29, 1.82) is 5.26 Å². The Hall–Kier alpha value is -1.35. The number of nitrogens with zero attached hydrogens (tertiary/aromatic N) is 1. The van der Waals surface area contributed by atoms with Crippen LogP contribution in [-0.4, -0.2) is 23.4 Å². The minimum Gasteiger partial charge on any atom is -0.399 e. The average Bonchev–Trinajstić information content (AvgIpc) is 2.58. The molecule has 100 valence electrons. The van der Waals surface area contributed by atoms with Gasteiger partial charge in [0.15, 0.2) is 6.10 Å². The summed E-state index contributed by atoms with van der Waals surface area (Å²) in [6.07, 6.45) is -1.09. The van der Waals surface area contributed by atoms with Gasteiger partial charge in [0.2, 0.25) is 0 Å². The second-order valence-electron chi connectivity index (χ2n) is 5.79. The van der Waals surface area contributed by atoms with Crippen LogP contribution in [0.1, 0.15) is 39.4 Å². The molecule has 0 aromatic heterocycles. The first-order chi connectivity index (χ1) is 8.77. The molecular formula is C14H18BNO3. The van der Waals surface area contributed by atoms with Gasteiger partial charge in [0.1, 0.15) is 0 Å². The summed E-state index contributed by atoms with van der Waals surface area (Å²) in [7, 11) is -0.418. The van der Waals surface area contributed by atoms with E-state index in [-0.39, 0.29) is 11.2 Å². The molecule has 1 aliphatic rings. The molecule has 1 aliphatic heterocycles. The number of rotatable bonds is 2. The van der Waals surface area contributed by atoms with Gasteiger partial charge in [-0.2, -0.15) is 5.26 Å². The van der Waals surface area contributed by atoms with Crippen molar-refractivity contribution in [2.24, 2.45) is 0 Å². The highest BCUT2D eigenvalue weighted by Gasteiger charge is 2.51. The average molecular weight is 259 g/mol. The molecule has 1 aromatic rings. The highest BCUT2D eigenvalue weighted by atomic mass is 16.7. The normalized spacial score (nSPS) is 22.0. The summed E-state index contributed by atoms with van der Waals surface area (Å²) in [5, 5.41) is 18.1. The number of hydrogen-bond donors (Lipinski definition) is 1. The van der Waals surface area contributed by atoms with Crippen LogP contribution in [0.4, 0.5) is 0 Å². The van der Waals surface area contributed by atoms with Gasteiger partial charge >= 0.3 is 7.12 Å². The van der Waals surface area contributed by atoms with Crippen LogP contribution < -0.4 is 5.46 Å². The van der Waals surface area contributed by atoms with Crippen LogP contribution in [0.3, 0.4) is 0 Å². The molecule has 0 unspecified atom stereocenters. The van der Waals surface area contributed by atoms with E-state index in [9.17, 15) is 5.11 Å². The van der Waals surface area contributed by atoms with Crippen LogP contribution >= 0.6 is 0 Å². The van der Waals surface area contributed by atoms with Crippen molar-refractivity contribution in [3.63, 3.8) is 0 Å². The third-order valence-corrected chi connectivity index (χ3v) is 3.90. The van der Waals surface area contributed by atoms with Crippen molar-refractivity contribution in [2.45, 2.75) is 45.0 Å². The van der Waals surface area contributed by atoms with Gasteiger partial charge in [-0.15, -0.1) is 0 Å². The maximum absolute atomic E-state index is 9.43. The van der Waals surface area contributed by atoms with E-state index in [4.69, 9.17) is 14.6 Å². The summed E-state index contributed by atoms with van der Waals surface area (Å²) in [5.41, 5.74) is 0.709. The molecule has 0 spiro atoms. The molecule has 0 radical (unpaired) electrons. The summed E-state index contributed by atoms with van der Waals surface area (Å²) in [5.74, 6) is 0. The van der Waals surface area contributed by atoms with Gasteiger partial charge in [-0.1, -0.05) is 24.3 Å². The van der Waals surface area contributed by atoms with Crippen LogP contribution in [0.5, 0.6) is 0 Å². The third-order valence-electron chi connectivity index (χ3n) is 3.90. The smallest absolute Gasteiger partial charge is 0.399 e. The predicted molar refractivity (Wildman–Crippen MR) is 72.7 cm³/mol. The largest absolute Gasteiger partial charge is 0.494 e. The Labute approximate surface area is 114 Å². The minimum atomic E-state index is -1.09. The molecular weight excluding hydrogens is 241 g/mol. The number of aliphatic hydroxyl groups is 1. The lowest BCUT2D eigenvalue weighted by Crippen LogP contribution is -2.41. The van der Waals surface area contributed by atoms with Crippen molar-refractivity contribution in [1.82, 2.24) is 0 Å². The van der Waals surface area contributed by atoms with E-state index in [1.807, 2.05) is 39.8 Å². The first-order valence-electron chi connectivity index (χ1n) is 6.30. The monoisotopic (exact) mass is 259 g/mol. The molecule has 5 heteroatoms. The fraction of sp³-hybridized carbons (Fsp3) is 0.500. The van der Waals surface area contributed by atoms with Gasteiger partial charge in [-0.05, 0) is 38.7 Å². The number of hydrogen-bond acceptors (Lipinski definition) is 4.